The molecule has 0 amide bonds. The quantitative estimate of drug-likeness (QED) is 0.549. The highest BCUT2D eigenvalue weighted by Crippen LogP contribution is 2.16. The van der Waals surface area contributed by atoms with E-state index in [1.165, 1.54) is 5.56 Å². The Balaban J connectivity index is 2.45. The van der Waals surface area contributed by atoms with Gasteiger partial charge in [-0.15, -0.1) is 0 Å². The van der Waals surface area contributed by atoms with Crippen molar-refractivity contribution in [2.45, 2.75) is 26.2 Å². The molecule has 18 heavy (non-hydrogen) atoms. The summed E-state index contributed by atoms with van der Waals surface area (Å²) in [5.41, 5.74) is 2.27. The number of hydrogen-bond donors (Lipinski definition) is 0. The molecule has 0 bridgehead atoms. The molecule has 0 aliphatic heterocycles. The summed E-state index contributed by atoms with van der Waals surface area (Å²) in [6.45, 7) is 4.62. The van der Waals surface area contributed by atoms with Crippen LogP contribution in [-0.2, 0) is 14.2 Å². The molecule has 0 saturated heterocycles. The van der Waals surface area contributed by atoms with Gasteiger partial charge in [0.2, 0.25) is 0 Å². The van der Waals surface area contributed by atoms with Gasteiger partial charge < -0.3 is 14.2 Å². The van der Waals surface area contributed by atoms with Crippen molar-refractivity contribution < 1.29 is 14.2 Å². The van der Waals surface area contributed by atoms with Gasteiger partial charge in [-0.3, -0.25) is 0 Å². The fraction of sp³-hybridized carbons (Fsp3) is 0.467. The van der Waals surface area contributed by atoms with Crippen LogP contribution >= 0.6 is 0 Å². The predicted molar refractivity (Wildman–Crippen MR) is 72.4 cm³/mol. The molecule has 0 fully saturated rings. The Morgan fingerprint density at radius 2 is 1.78 bits per heavy atom. The number of benzene rings is 1. The summed E-state index contributed by atoms with van der Waals surface area (Å²) in [5, 5.41) is 0. The molecule has 0 radical (unpaired) electrons. The molecule has 0 aromatic heterocycles. The molecule has 1 rings (SSSR count). The van der Waals surface area contributed by atoms with E-state index in [2.05, 4.69) is 12.1 Å². The van der Waals surface area contributed by atoms with Gasteiger partial charge in [-0.1, -0.05) is 30.3 Å². The van der Waals surface area contributed by atoms with Crippen molar-refractivity contribution >= 4 is 0 Å². The van der Waals surface area contributed by atoms with Crippen LogP contribution in [0.1, 0.15) is 25.5 Å². The summed E-state index contributed by atoms with van der Waals surface area (Å²) < 4.78 is 16.0. The van der Waals surface area contributed by atoms with Crippen molar-refractivity contribution in [3.63, 3.8) is 0 Å². The lowest BCUT2D eigenvalue weighted by Gasteiger charge is -2.15. The van der Waals surface area contributed by atoms with Crippen LogP contribution in [0.5, 0.6) is 0 Å². The molecule has 1 atom stereocenters. The molecule has 1 unspecified atom stereocenters. The van der Waals surface area contributed by atoms with Crippen LogP contribution < -0.4 is 0 Å². The van der Waals surface area contributed by atoms with Crippen molar-refractivity contribution in [1.29, 1.82) is 0 Å². The summed E-state index contributed by atoms with van der Waals surface area (Å²) in [6.07, 6.45) is 1.69. The van der Waals surface area contributed by atoms with Crippen LogP contribution in [0, 0.1) is 0 Å². The van der Waals surface area contributed by atoms with Crippen molar-refractivity contribution in [3.05, 3.63) is 47.5 Å². The molecule has 0 saturated carbocycles. The maximum Gasteiger partial charge on any atom is 0.176 e. The second-order valence-electron chi connectivity index (χ2n) is 4.22. The summed E-state index contributed by atoms with van der Waals surface area (Å²) in [6, 6.07) is 10.2. The molecule has 0 N–H and O–H groups in total. The van der Waals surface area contributed by atoms with Crippen LogP contribution in [0.2, 0.25) is 0 Å². The topological polar surface area (TPSA) is 27.7 Å². The third-order valence-electron chi connectivity index (χ3n) is 2.72. The third kappa shape index (κ3) is 5.00. The SMILES string of the molecule is COC(/C=C(\C)COC(C)c1ccccc1)OC. The first kappa shape index (κ1) is 14.9. The van der Waals surface area contributed by atoms with Gasteiger partial charge in [0.25, 0.3) is 0 Å². The molecule has 3 nitrogen and oxygen atoms in total. The average Bonchev–Trinajstić information content (AvgIpc) is 2.43. The second-order valence-corrected chi connectivity index (χ2v) is 4.22. The van der Waals surface area contributed by atoms with Crippen molar-refractivity contribution in [2.75, 3.05) is 20.8 Å². The first-order valence-corrected chi connectivity index (χ1v) is 6.06. The van der Waals surface area contributed by atoms with E-state index in [-0.39, 0.29) is 12.4 Å². The van der Waals surface area contributed by atoms with Gasteiger partial charge >= 0.3 is 0 Å². The zero-order chi connectivity index (χ0) is 13.4. The number of rotatable bonds is 7. The van der Waals surface area contributed by atoms with Gasteiger partial charge in [0.15, 0.2) is 6.29 Å². The van der Waals surface area contributed by atoms with Gasteiger partial charge in [0.1, 0.15) is 0 Å². The summed E-state index contributed by atoms with van der Waals surface area (Å²) in [4.78, 5) is 0. The summed E-state index contributed by atoms with van der Waals surface area (Å²) >= 11 is 0. The van der Waals surface area contributed by atoms with Crippen LogP contribution in [0.3, 0.4) is 0 Å². The molecule has 0 spiro atoms. The number of ether oxygens (including phenoxy) is 3. The van der Waals surface area contributed by atoms with E-state index in [1.54, 1.807) is 14.2 Å². The Hall–Kier alpha value is -1.16. The van der Waals surface area contributed by atoms with Gasteiger partial charge in [-0.25, -0.2) is 0 Å². The molecule has 0 aliphatic rings. The summed E-state index contributed by atoms with van der Waals surface area (Å²) in [7, 11) is 3.23. The standard InChI is InChI=1S/C15H22O3/c1-12(10-15(16-3)17-4)11-18-13(2)14-8-6-5-7-9-14/h5-10,13,15H,11H2,1-4H3/b12-10+. The first-order chi connectivity index (χ1) is 8.67. The fourth-order valence-electron chi connectivity index (χ4n) is 1.59. The molecular formula is C15H22O3. The van der Waals surface area contributed by atoms with E-state index in [0.717, 1.165) is 5.57 Å². The average molecular weight is 250 g/mol. The van der Waals surface area contributed by atoms with Gasteiger partial charge in [-0.05, 0) is 31.1 Å². The van der Waals surface area contributed by atoms with E-state index in [0.29, 0.717) is 6.61 Å². The Labute approximate surface area is 109 Å². The normalized spacial score (nSPS) is 13.9. The van der Waals surface area contributed by atoms with E-state index < -0.39 is 0 Å². The summed E-state index contributed by atoms with van der Waals surface area (Å²) in [5.74, 6) is 0. The zero-order valence-corrected chi connectivity index (χ0v) is 11.6. The van der Waals surface area contributed by atoms with E-state index in [9.17, 15) is 0 Å². The Kier molecular flexibility index (Phi) is 6.65. The van der Waals surface area contributed by atoms with Crippen LogP contribution in [0.15, 0.2) is 42.0 Å². The highest BCUT2D eigenvalue weighted by atomic mass is 16.7. The van der Waals surface area contributed by atoms with E-state index in [1.807, 2.05) is 38.1 Å². The number of methoxy groups -OCH3 is 2. The maximum atomic E-state index is 5.80. The van der Waals surface area contributed by atoms with E-state index >= 15 is 0 Å². The molecule has 0 aliphatic carbocycles. The highest BCUT2D eigenvalue weighted by Gasteiger charge is 2.06. The lowest BCUT2D eigenvalue weighted by Crippen LogP contribution is -2.11. The molecule has 100 valence electrons. The van der Waals surface area contributed by atoms with Crippen LogP contribution in [-0.4, -0.2) is 27.1 Å². The minimum absolute atomic E-state index is 0.0816. The molecule has 0 heterocycles. The Morgan fingerprint density at radius 3 is 2.33 bits per heavy atom. The Bertz CT molecular complexity index is 355. The monoisotopic (exact) mass is 250 g/mol. The first-order valence-electron chi connectivity index (χ1n) is 6.06. The van der Waals surface area contributed by atoms with Gasteiger partial charge in [-0.2, -0.15) is 0 Å². The van der Waals surface area contributed by atoms with Crippen LogP contribution in [0.4, 0.5) is 0 Å². The lowest BCUT2D eigenvalue weighted by molar-refractivity contribution is -0.0676. The molecule has 1 aromatic carbocycles. The van der Waals surface area contributed by atoms with E-state index in [4.69, 9.17) is 14.2 Å². The third-order valence-corrected chi connectivity index (χ3v) is 2.72. The maximum absolute atomic E-state index is 5.80. The predicted octanol–water partition coefficient (Wildman–Crippen LogP) is 3.33. The zero-order valence-electron chi connectivity index (χ0n) is 11.6. The Morgan fingerprint density at radius 1 is 1.17 bits per heavy atom. The molecular weight excluding hydrogens is 228 g/mol. The highest BCUT2D eigenvalue weighted by molar-refractivity contribution is 5.17. The van der Waals surface area contributed by atoms with Crippen molar-refractivity contribution in [3.8, 4) is 0 Å². The second kappa shape index (κ2) is 8.03. The number of hydrogen-bond acceptors (Lipinski definition) is 3. The molecule has 3 heteroatoms. The smallest absolute Gasteiger partial charge is 0.176 e. The largest absolute Gasteiger partial charge is 0.369 e. The minimum Gasteiger partial charge on any atom is -0.369 e. The van der Waals surface area contributed by atoms with Crippen molar-refractivity contribution in [1.82, 2.24) is 0 Å². The molecule has 1 aromatic rings. The van der Waals surface area contributed by atoms with Crippen LogP contribution in [0.25, 0.3) is 0 Å². The van der Waals surface area contributed by atoms with Gasteiger partial charge in [0.05, 0.1) is 12.7 Å². The fourth-order valence-corrected chi connectivity index (χ4v) is 1.59. The van der Waals surface area contributed by atoms with Crippen molar-refractivity contribution in [2.24, 2.45) is 0 Å². The van der Waals surface area contributed by atoms with Gasteiger partial charge in [0, 0.05) is 14.2 Å². The lowest BCUT2D eigenvalue weighted by atomic mass is 10.1. The minimum atomic E-state index is -0.305.